The smallest absolute Gasteiger partial charge is 0.305 e. The van der Waals surface area contributed by atoms with Gasteiger partial charge in [0.05, 0.1) is 39.9 Å². The van der Waals surface area contributed by atoms with Crippen molar-refractivity contribution in [1.82, 2.24) is 0 Å². The van der Waals surface area contributed by atoms with Gasteiger partial charge in [0.2, 0.25) is 0 Å². The predicted molar refractivity (Wildman–Crippen MR) is 139 cm³/mol. The van der Waals surface area contributed by atoms with Crippen molar-refractivity contribution in [2.24, 2.45) is 0 Å². The first-order valence-corrected chi connectivity index (χ1v) is 14.7. The molecular weight excluding hydrogens is 484 g/mol. The number of hydrogen-bond donors (Lipinski definition) is 1. The van der Waals surface area contributed by atoms with E-state index in [2.05, 4.69) is 4.74 Å². The summed E-state index contributed by atoms with van der Waals surface area (Å²) < 4.78 is 43.4. The molecule has 2 unspecified atom stereocenters. The van der Waals surface area contributed by atoms with Crippen molar-refractivity contribution in [2.75, 3.05) is 12.9 Å². The zero-order valence-corrected chi connectivity index (χ0v) is 22.3. The van der Waals surface area contributed by atoms with E-state index in [4.69, 9.17) is 0 Å². The molecule has 3 atom stereocenters. The highest BCUT2D eigenvalue weighted by atomic mass is 32.2. The van der Waals surface area contributed by atoms with E-state index >= 15 is 0 Å². The van der Waals surface area contributed by atoms with Crippen LogP contribution in [-0.2, 0) is 30.2 Å². The van der Waals surface area contributed by atoms with E-state index in [1.54, 1.807) is 24.3 Å². The quantitative estimate of drug-likeness (QED) is 0.221. The third-order valence-corrected chi connectivity index (χ3v) is 9.55. The van der Waals surface area contributed by atoms with Gasteiger partial charge in [0.1, 0.15) is 0 Å². The molecule has 0 radical (unpaired) electrons. The highest BCUT2D eigenvalue weighted by Gasteiger charge is 2.27. The minimum atomic E-state index is -3.58. The van der Waals surface area contributed by atoms with Crippen LogP contribution in [-0.4, -0.2) is 47.9 Å². The van der Waals surface area contributed by atoms with Crippen LogP contribution in [0.3, 0.4) is 0 Å². The van der Waals surface area contributed by atoms with Crippen LogP contribution in [0.15, 0.2) is 70.5 Å². The number of methoxy groups -OCH3 is 1. The summed E-state index contributed by atoms with van der Waals surface area (Å²) in [5, 5.41) is 9.53. The lowest BCUT2D eigenvalue weighted by Gasteiger charge is -2.17. The summed E-state index contributed by atoms with van der Waals surface area (Å²) in [5.41, 5.74) is 2.07. The van der Waals surface area contributed by atoms with Crippen molar-refractivity contribution >= 4 is 26.6 Å². The number of benzene rings is 2. The minimum absolute atomic E-state index is 0.0480. The van der Waals surface area contributed by atoms with Crippen molar-refractivity contribution in [1.29, 1.82) is 0 Å². The topological polar surface area (TPSA) is 97.7 Å². The maximum atomic E-state index is 13.2. The molecule has 6 nitrogen and oxygen atoms in total. The van der Waals surface area contributed by atoms with Crippen LogP contribution >= 0.6 is 0 Å². The van der Waals surface area contributed by atoms with Gasteiger partial charge in [-0.1, -0.05) is 47.5 Å². The standard InChI is InChI=1S/C27H36O6S2/c1-21-10-14-24(15-11-21)34(30)20-23(28)8-6-4-5-7-9-25(18-19-27(29)33-3)35(31,32)26-16-12-22(2)13-17-26/h4,6,10-17,23,25,28H,5,7-9,18-20H2,1-3H3/b6-4+/t23-,25?,34?/m0/s1. The van der Waals surface area contributed by atoms with Crippen LogP contribution in [0.5, 0.6) is 0 Å². The second-order valence-electron chi connectivity index (χ2n) is 8.71. The lowest BCUT2D eigenvalue weighted by molar-refractivity contribution is -0.140. The molecule has 0 aromatic heterocycles. The molecule has 2 aromatic rings. The fourth-order valence-electron chi connectivity index (χ4n) is 3.62. The molecule has 0 spiro atoms. The number of allylic oxidation sites excluding steroid dienone is 1. The molecule has 0 bridgehead atoms. The van der Waals surface area contributed by atoms with Gasteiger partial charge >= 0.3 is 5.97 Å². The molecule has 0 aliphatic carbocycles. The fourth-order valence-corrected chi connectivity index (χ4v) is 6.54. The fraction of sp³-hybridized carbons (Fsp3) is 0.444. The monoisotopic (exact) mass is 520 g/mol. The molecular formula is C27H36O6S2. The predicted octanol–water partition coefficient (Wildman–Crippen LogP) is 4.68. The summed E-state index contributed by atoms with van der Waals surface area (Å²) in [6, 6.07) is 14.2. The first-order chi connectivity index (χ1) is 16.6. The Hall–Kier alpha value is -2.29. The zero-order valence-electron chi connectivity index (χ0n) is 20.7. The molecule has 0 fully saturated rings. The average Bonchev–Trinajstić information content (AvgIpc) is 2.83. The number of hydrogen-bond acceptors (Lipinski definition) is 6. The lowest BCUT2D eigenvalue weighted by atomic mass is 10.1. The number of aliphatic hydroxyl groups is 1. The van der Waals surface area contributed by atoms with Crippen LogP contribution in [0.25, 0.3) is 0 Å². The molecule has 1 N–H and O–H groups in total. The van der Waals surface area contributed by atoms with Gasteiger partial charge in [-0.15, -0.1) is 0 Å². The van der Waals surface area contributed by atoms with Gasteiger partial charge in [0, 0.05) is 11.3 Å². The molecule has 0 saturated carbocycles. The number of sulfone groups is 1. The minimum Gasteiger partial charge on any atom is -0.469 e. The molecule has 0 saturated heterocycles. The van der Waals surface area contributed by atoms with E-state index < -0.39 is 38.0 Å². The van der Waals surface area contributed by atoms with Crippen molar-refractivity contribution in [2.45, 2.75) is 73.5 Å². The third-order valence-electron chi connectivity index (χ3n) is 5.79. The molecule has 0 amide bonds. The number of esters is 1. The second-order valence-corrected chi connectivity index (χ2v) is 12.4. The number of carbonyl (C=O) groups excluding carboxylic acids is 1. The van der Waals surface area contributed by atoms with E-state index in [-0.39, 0.29) is 23.5 Å². The second kappa shape index (κ2) is 14.3. The number of unbranched alkanes of at least 4 members (excludes halogenated alkanes) is 1. The van der Waals surface area contributed by atoms with Crippen LogP contribution < -0.4 is 0 Å². The molecule has 8 heteroatoms. The SMILES string of the molecule is COC(=O)CCC(CCC/C=C/C[C@H](O)CS(=O)c1ccc(C)cc1)S(=O)(=O)c1ccc(C)cc1. The van der Waals surface area contributed by atoms with Crippen LogP contribution in [0.1, 0.15) is 49.7 Å². The summed E-state index contributed by atoms with van der Waals surface area (Å²) in [6.07, 6.45) is 5.35. The number of ether oxygens (including phenoxy) is 1. The van der Waals surface area contributed by atoms with E-state index in [0.29, 0.717) is 30.6 Å². The maximum Gasteiger partial charge on any atom is 0.305 e. The number of rotatable bonds is 14. The van der Waals surface area contributed by atoms with Crippen LogP contribution in [0.4, 0.5) is 0 Å². The Kier molecular flexibility index (Phi) is 11.8. The summed E-state index contributed by atoms with van der Waals surface area (Å²) >= 11 is 0. The molecule has 0 aliphatic heterocycles. The van der Waals surface area contributed by atoms with E-state index in [1.807, 2.05) is 50.3 Å². The average molecular weight is 521 g/mol. The highest BCUT2D eigenvalue weighted by Crippen LogP contribution is 2.24. The van der Waals surface area contributed by atoms with Gasteiger partial charge in [0.25, 0.3) is 0 Å². The van der Waals surface area contributed by atoms with Crippen molar-refractivity contribution < 1.29 is 27.3 Å². The Morgan fingerprint density at radius 1 is 1.00 bits per heavy atom. The normalized spacial score (nSPS) is 14.5. The number of carbonyl (C=O) groups is 1. The number of aliphatic hydroxyl groups excluding tert-OH is 1. The van der Waals surface area contributed by atoms with E-state index in [1.165, 1.54) is 7.11 Å². The van der Waals surface area contributed by atoms with Crippen molar-refractivity contribution in [3.8, 4) is 0 Å². The van der Waals surface area contributed by atoms with Crippen LogP contribution in [0.2, 0.25) is 0 Å². The van der Waals surface area contributed by atoms with Crippen LogP contribution in [0, 0.1) is 13.8 Å². The Balaban J connectivity index is 1.86. The Morgan fingerprint density at radius 3 is 2.20 bits per heavy atom. The summed E-state index contributed by atoms with van der Waals surface area (Å²) in [6.45, 7) is 3.86. The maximum absolute atomic E-state index is 13.2. The Bertz CT molecular complexity index is 1090. The Labute approximate surface area is 211 Å². The first-order valence-electron chi connectivity index (χ1n) is 11.8. The number of aryl methyl sites for hydroxylation is 2. The Morgan fingerprint density at radius 2 is 1.60 bits per heavy atom. The molecule has 2 rings (SSSR count). The van der Waals surface area contributed by atoms with Gasteiger partial charge in [-0.25, -0.2) is 8.42 Å². The summed E-state index contributed by atoms with van der Waals surface area (Å²) in [7, 11) is -3.55. The van der Waals surface area contributed by atoms with E-state index in [0.717, 1.165) is 11.1 Å². The van der Waals surface area contributed by atoms with E-state index in [9.17, 15) is 22.5 Å². The van der Waals surface area contributed by atoms with Gasteiger partial charge in [-0.2, -0.15) is 0 Å². The van der Waals surface area contributed by atoms with Crippen molar-refractivity contribution in [3.05, 3.63) is 71.8 Å². The zero-order chi connectivity index (χ0) is 25.8. The van der Waals surface area contributed by atoms with Gasteiger partial charge in [0.15, 0.2) is 9.84 Å². The largest absolute Gasteiger partial charge is 0.469 e. The molecule has 192 valence electrons. The van der Waals surface area contributed by atoms with Gasteiger partial charge in [-0.3, -0.25) is 9.00 Å². The van der Waals surface area contributed by atoms with Gasteiger partial charge < -0.3 is 9.84 Å². The molecule has 0 aliphatic rings. The lowest BCUT2D eigenvalue weighted by Crippen LogP contribution is -2.23. The molecule has 35 heavy (non-hydrogen) atoms. The van der Waals surface area contributed by atoms with Gasteiger partial charge in [-0.05, 0) is 70.2 Å². The summed E-state index contributed by atoms with van der Waals surface area (Å²) in [4.78, 5) is 12.6. The first kappa shape index (κ1) is 28.9. The molecule has 2 aromatic carbocycles. The highest BCUT2D eigenvalue weighted by molar-refractivity contribution is 7.92. The third kappa shape index (κ3) is 9.70. The van der Waals surface area contributed by atoms with Crippen molar-refractivity contribution in [3.63, 3.8) is 0 Å². The summed E-state index contributed by atoms with van der Waals surface area (Å²) in [5.74, 6) is -0.261. The molecule has 0 heterocycles.